The second-order valence-corrected chi connectivity index (χ2v) is 4.66. The van der Waals surface area contributed by atoms with Gasteiger partial charge in [0.25, 0.3) is 5.91 Å². The normalized spacial score (nSPS) is 10.3. The zero-order valence-corrected chi connectivity index (χ0v) is 11.3. The Bertz CT molecular complexity index is 605. The summed E-state index contributed by atoms with van der Waals surface area (Å²) in [5.74, 6) is -0.605. The Kier molecular flexibility index (Phi) is 3.65. The highest BCUT2D eigenvalue weighted by molar-refractivity contribution is 6.06. The van der Waals surface area contributed by atoms with Gasteiger partial charge in [-0.05, 0) is 43.7 Å². The summed E-state index contributed by atoms with van der Waals surface area (Å²) in [6, 6.07) is 11.9. The average molecular weight is 257 g/mol. The molecular formula is C16H16FNO. The summed E-state index contributed by atoms with van der Waals surface area (Å²) < 4.78 is 13.3. The van der Waals surface area contributed by atoms with Crippen LogP contribution in [0.4, 0.5) is 10.1 Å². The zero-order chi connectivity index (χ0) is 14.0. The Morgan fingerprint density at radius 1 is 1.05 bits per heavy atom. The average Bonchev–Trinajstić information content (AvgIpc) is 2.41. The minimum atomic E-state index is -0.397. The molecule has 0 bridgehead atoms. The van der Waals surface area contributed by atoms with E-state index in [9.17, 15) is 9.18 Å². The van der Waals surface area contributed by atoms with Gasteiger partial charge in [0.2, 0.25) is 0 Å². The zero-order valence-electron chi connectivity index (χ0n) is 11.3. The topological polar surface area (TPSA) is 20.3 Å². The van der Waals surface area contributed by atoms with Crippen LogP contribution in [-0.2, 0) is 0 Å². The number of rotatable bonds is 2. The fourth-order valence-corrected chi connectivity index (χ4v) is 1.89. The standard InChI is InChI=1S/C16H16FNO/c1-11-4-8-14(9-5-11)18(3)16(19)15-10-13(17)7-6-12(15)2/h4-10H,1-3H3. The molecule has 0 heterocycles. The second kappa shape index (κ2) is 5.22. The molecule has 2 aromatic rings. The van der Waals surface area contributed by atoms with Gasteiger partial charge < -0.3 is 4.90 Å². The lowest BCUT2D eigenvalue weighted by atomic mass is 10.1. The molecule has 0 saturated heterocycles. The molecule has 0 aromatic heterocycles. The van der Waals surface area contributed by atoms with Crippen LogP contribution in [0.3, 0.4) is 0 Å². The van der Waals surface area contributed by atoms with Gasteiger partial charge in [0.1, 0.15) is 5.82 Å². The number of aryl methyl sites for hydroxylation is 2. The molecule has 98 valence electrons. The van der Waals surface area contributed by atoms with E-state index >= 15 is 0 Å². The van der Waals surface area contributed by atoms with Gasteiger partial charge in [0.15, 0.2) is 0 Å². The SMILES string of the molecule is Cc1ccc(N(C)C(=O)c2cc(F)ccc2C)cc1. The molecule has 0 spiro atoms. The lowest BCUT2D eigenvalue weighted by molar-refractivity contribution is 0.0992. The van der Waals surface area contributed by atoms with Crippen LogP contribution in [0, 0.1) is 19.7 Å². The summed E-state index contributed by atoms with van der Waals surface area (Å²) in [7, 11) is 1.69. The smallest absolute Gasteiger partial charge is 0.258 e. The van der Waals surface area contributed by atoms with Crippen molar-refractivity contribution in [3.63, 3.8) is 0 Å². The third-order valence-corrected chi connectivity index (χ3v) is 3.16. The minimum Gasteiger partial charge on any atom is -0.311 e. The molecule has 2 aromatic carbocycles. The highest BCUT2D eigenvalue weighted by Gasteiger charge is 2.16. The van der Waals surface area contributed by atoms with Crippen LogP contribution < -0.4 is 4.90 Å². The van der Waals surface area contributed by atoms with E-state index in [4.69, 9.17) is 0 Å². The molecule has 0 radical (unpaired) electrons. The van der Waals surface area contributed by atoms with Gasteiger partial charge in [-0.15, -0.1) is 0 Å². The van der Waals surface area contributed by atoms with E-state index in [2.05, 4.69) is 0 Å². The van der Waals surface area contributed by atoms with Crippen LogP contribution in [0.15, 0.2) is 42.5 Å². The summed E-state index contributed by atoms with van der Waals surface area (Å²) in [5, 5.41) is 0. The molecule has 0 atom stereocenters. The van der Waals surface area contributed by atoms with Crippen molar-refractivity contribution in [1.29, 1.82) is 0 Å². The molecule has 19 heavy (non-hydrogen) atoms. The number of nitrogens with zero attached hydrogens (tertiary/aromatic N) is 1. The molecule has 0 fully saturated rings. The summed E-state index contributed by atoms with van der Waals surface area (Å²) in [6.07, 6.45) is 0. The third kappa shape index (κ3) is 2.81. The lowest BCUT2D eigenvalue weighted by Crippen LogP contribution is -2.27. The van der Waals surface area contributed by atoms with Crippen molar-refractivity contribution in [3.05, 3.63) is 65.0 Å². The van der Waals surface area contributed by atoms with Gasteiger partial charge >= 0.3 is 0 Å². The number of hydrogen-bond acceptors (Lipinski definition) is 1. The quantitative estimate of drug-likeness (QED) is 0.803. The van der Waals surface area contributed by atoms with Gasteiger partial charge in [0, 0.05) is 18.3 Å². The number of amides is 1. The summed E-state index contributed by atoms with van der Waals surface area (Å²) >= 11 is 0. The van der Waals surface area contributed by atoms with Gasteiger partial charge in [-0.3, -0.25) is 4.79 Å². The molecule has 0 saturated carbocycles. The number of hydrogen-bond donors (Lipinski definition) is 0. The number of anilines is 1. The Morgan fingerprint density at radius 3 is 2.32 bits per heavy atom. The molecule has 1 amide bonds. The first-order valence-corrected chi connectivity index (χ1v) is 6.10. The monoisotopic (exact) mass is 257 g/mol. The number of benzene rings is 2. The maximum atomic E-state index is 13.3. The van der Waals surface area contributed by atoms with Crippen molar-refractivity contribution >= 4 is 11.6 Å². The Labute approximate surface area is 112 Å². The van der Waals surface area contributed by atoms with Crippen molar-refractivity contribution in [3.8, 4) is 0 Å². The van der Waals surface area contributed by atoms with Crippen LogP contribution in [0.5, 0.6) is 0 Å². The predicted molar refractivity (Wildman–Crippen MR) is 75.0 cm³/mol. The molecule has 0 unspecified atom stereocenters. The lowest BCUT2D eigenvalue weighted by Gasteiger charge is -2.18. The summed E-state index contributed by atoms with van der Waals surface area (Å²) in [4.78, 5) is 13.9. The third-order valence-electron chi connectivity index (χ3n) is 3.16. The van der Waals surface area contributed by atoms with E-state index in [1.165, 1.54) is 17.0 Å². The van der Waals surface area contributed by atoms with Crippen LogP contribution in [0.1, 0.15) is 21.5 Å². The molecule has 0 aliphatic rings. The van der Waals surface area contributed by atoms with E-state index in [1.807, 2.05) is 31.2 Å². The van der Waals surface area contributed by atoms with E-state index in [1.54, 1.807) is 20.0 Å². The van der Waals surface area contributed by atoms with Crippen LogP contribution in [0.2, 0.25) is 0 Å². The first-order chi connectivity index (χ1) is 8.99. The summed E-state index contributed by atoms with van der Waals surface area (Å²) in [6.45, 7) is 3.79. The van der Waals surface area contributed by atoms with Gasteiger partial charge in [-0.1, -0.05) is 23.8 Å². The van der Waals surface area contributed by atoms with E-state index in [-0.39, 0.29) is 5.91 Å². The largest absolute Gasteiger partial charge is 0.311 e. The van der Waals surface area contributed by atoms with Crippen molar-refractivity contribution in [2.45, 2.75) is 13.8 Å². The van der Waals surface area contributed by atoms with Gasteiger partial charge in [-0.2, -0.15) is 0 Å². The maximum Gasteiger partial charge on any atom is 0.258 e. The number of carbonyl (C=O) groups excluding carboxylic acids is 1. The van der Waals surface area contributed by atoms with Crippen molar-refractivity contribution in [2.24, 2.45) is 0 Å². The maximum absolute atomic E-state index is 13.3. The van der Waals surface area contributed by atoms with Crippen LogP contribution >= 0.6 is 0 Å². The first-order valence-electron chi connectivity index (χ1n) is 6.10. The molecule has 0 aliphatic carbocycles. The van der Waals surface area contributed by atoms with Crippen molar-refractivity contribution in [2.75, 3.05) is 11.9 Å². The second-order valence-electron chi connectivity index (χ2n) is 4.66. The number of halogens is 1. The molecule has 2 rings (SSSR count). The molecule has 2 nitrogen and oxygen atoms in total. The Morgan fingerprint density at radius 2 is 1.68 bits per heavy atom. The Balaban J connectivity index is 2.33. The van der Waals surface area contributed by atoms with Gasteiger partial charge in [0.05, 0.1) is 0 Å². The highest BCUT2D eigenvalue weighted by atomic mass is 19.1. The fourth-order valence-electron chi connectivity index (χ4n) is 1.89. The Hall–Kier alpha value is -2.16. The van der Waals surface area contributed by atoms with Crippen LogP contribution in [-0.4, -0.2) is 13.0 Å². The van der Waals surface area contributed by atoms with E-state index < -0.39 is 5.82 Å². The van der Waals surface area contributed by atoms with Crippen LogP contribution in [0.25, 0.3) is 0 Å². The molecular weight excluding hydrogens is 241 g/mol. The molecule has 3 heteroatoms. The van der Waals surface area contributed by atoms with Crippen molar-refractivity contribution in [1.82, 2.24) is 0 Å². The predicted octanol–water partition coefficient (Wildman–Crippen LogP) is 3.72. The van der Waals surface area contributed by atoms with E-state index in [0.717, 1.165) is 16.8 Å². The fraction of sp³-hybridized carbons (Fsp3) is 0.188. The minimum absolute atomic E-state index is 0.208. The molecule has 0 N–H and O–H groups in total. The first kappa shape index (κ1) is 13.3. The number of carbonyl (C=O) groups is 1. The highest BCUT2D eigenvalue weighted by Crippen LogP contribution is 2.18. The molecule has 0 aliphatic heterocycles. The summed E-state index contributed by atoms with van der Waals surface area (Å²) in [5.41, 5.74) is 3.08. The van der Waals surface area contributed by atoms with Crippen molar-refractivity contribution < 1.29 is 9.18 Å². The van der Waals surface area contributed by atoms with Gasteiger partial charge in [-0.25, -0.2) is 4.39 Å². The van der Waals surface area contributed by atoms with E-state index in [0.29, 0.717) is 5.56 Å².